The molecule has 2 saturated heterocycles. The van der Waals surface area contributed by atoms with Gasteiger partial charge in [0.1, 0.15) is 5.54 Å². The maximum absolute atomic E-state index is 12.5. The van der Waals surface area contributed by atoms with Crippen LogP contribution in [0.4, 0.5) is 0 Å². The van der Waals surface area contributed by atoms with Crippen LogP contribution in [0.25, 0.3) is 0 Å². The summed E-state index contributed by atoms with van der Waals surface area (Å²) < 4.78 is 5.24. The third-order valence-corrected chi connectivity index (χ3v) is 3.83. The van der Waals surface area contributed by atoms with Crippen LogP contribution in [0.3, 0.4) is 0 Å². The number of nitrogens with two attached hydrogens (primary N) is 1. The first kappa shape index (κ1) is 12.8. The van der Waals surface area contributed by atoms with Gasteiger partial charge in [-0.05, 0) is 19.3 Å². The maximum Gasteiger partial charge on any atom is 0.245 e. The van der Waals surface area contributed by atoms with E-state index in [2.05, 4.69) is 0 Å². The number of aliphatic hydroxyl groups is 1. The number of ether oxygens (including phenoxy) is 1. The molecule has 0 aromatic heterocycles. The Morgan fingerprint density at radius 2 is 2.29 bits per heavy atom. The fourth-order valence-electron chi connectivity index (χ4n) is 2.67. The van der Waals surface area contributed by atoms with Gasteiger partial charge in [0.05, 0.1) is 19.3 Å². The van der Waals surface area contributed by atoms with Gasteiger partial charge in [-0.25, -0.2) is 0 Å². The van der Waals surface area contributed by atoms with E-state index in [1.54, 1.807) is 4.90 Å². The van der Waals surface area contributed by atoms with Gasteiger partial charge in [-0.2, -0.15) is 0 Å². The number of aliphatic hydroxyl groups excluding tert-OH is 1. The smallest absolute Gasteiger partial charge is 0.245 e. The van der Waals surface area contributed by atoms with Gasteiger partial charge in [0.15, 0.2) is 0 Å². The number of nitrogens with zero attached hydrogens (tertiary/aromatic N) is 1. The molecule has 0 bridgehead atoms. The third kappa shape index (κ3) is 2.61. The molecule has 0 aromatic carbocycles. The molecule has 0 aromatic rings. The Hall–Kier alpha value is -0.650. The lowest BCUT2D eigenvalue weighted by Gasteiger charge is -2.34. The number of hydrogen-bond donors (Lipinski definition) is 2. The molecule has 2 fully saturated rings. The Balaban J connectivity index is 2.09. The molecule has 0 aliphatic carbocycles. The molecule has 2 heterocycles. The van der Waals surface area contributed by atoms with Crippen LogP contribution in [0.15, 0.2) is 0 Å². The molecule has 0 spiro atoms. The highest BCUT2D eigenvalue weighted by atomic mass is 16.5. The van der Waals surface area contributed by atoms with Crippen molar-refractivity contribution < 1.29 is 14.6 Å². The van der Waals surface area contributed by atoms with E-state index in [-0.39, 0.29) is 18.6 Å². The number of rotatable bonds is 2. The van der Waals surface area contributed by atoms with Crippen LogP contribution in [0.2, 0.25) is 0 Å². The minimum Gasteiger partial charge on any atom is -0.394 e. The Bertz CT molecular complexity index is 277. The fraction of sp³-hybridized carbons (Fsp3) is 0.917. The summed E-state index contributed by atoms with van der Waals surface area (Å²) in [7, 11) is 0. The summed E-state index contributed by atoms with van der Waals surface area (Å²) in [5.41, 5.74) is 5.24. The van der Waals surface area contributed by atoms with Gasteiger partial charge in [-0.1, -0.05) is 12.8 Å². The summed E-state index contributed by atoms with van der Waals surface area (Å²) in [6.07, 6.45) is 4.65. The molecule has 2 unspecified atom stereocenters. The normalized spacial score (nSPS) is 34.7. The number of carbonyl (C=O) groups excluding carboxylic acids is 1. The summed E-state index contributed by atoms with van der Waals surface area (Å²) in [6.45, 7) is 1.60. The zero-order chi connectivity index (χ0) is 12.3. The van der Waals surface area contributed by atoms with E-state index in [9.17, 15) is 9.90 Å². The van der Waals surface area contributed by atoms with Crippen molar-refractivity contribution in [3.8, 4) is 0 Å². The second kappa shape index (κ2) is 5.33. The lowest BCUT2D eigenvalue weighted by molar-refractivity contribution is -0.140. The van der Waals surface area contributed by atoms with Crippen molar-refractivity contribution in [3.63, 3.8) is 0 Å². The van der Waals surface area contributed by atoms with Crippen LogP contribution >= 0.6 is 0 Å². The minimum absolute atomic E-state index is 0.0304. The monoisotopic (exact) mass is 242 g/mol. The van der Waals surface area contributed by atoms with Gasteiger partial charge in [-0.3, -0.25) is 4.79 Å². The number of likely N-dealkylation sites (tertiary alicyclic amines) is 1. The van der Waals surface area contributed by atoms with E-state index in [1.807, 2.05) is 0 Å². The van der Waals surface area contributed by atoms with Crippen molar-refractivity contribution in [1.29, 1.82) is 0 Å². The number of amides is 1. The highest BCUT2D eigenvalue weighted by Gasteiger charge is 2.42. The first-order valence-electron chi connectivity index (χ1n) is 6.46. The van der Waals surface area contributed by atoms with E-state index in [0.717, 1.165) is 25.7 Å². The molecule has 2 atom stereocenters. The van der Waals surface area contributed by atoms with Gasteiger partial charge in [-0.15, -0.1) is 0 Å². The predicted molar refractivity (Wildman–Crippen MR) is 63.4 cm³/mol. The highest BCUT2D eigenvalue weighted by molar-refractivity contribution is 5.87. The Morgan fingerprint density at radius 1 is 1.47 bits per heavy atom. The Kier molecular flexibility index (Phi) is 4.01. The zero-order valence-electron chi connectivity index (χ0n) is 10.2. The van der Waals surface area contributed by atoms with E-state index < -0.39 is 5.54 Å². The third-order valence-electron chi connectivity index (χ3n) is 3.83. The summed E-state index contributed by atoms with van der Waals surface area (Å²) in [4.78, 5) is 14.2. The molecular formula is C12H22N2O3. The summed E-state index contributed by atoms with van der Waals surface area (Å²) in [5.74, 6) is -0.0454. The number of carbonyl (C=O) groups is 1. The van der Waals surface area contributed by atoms with Crippen LogP contribution in [0.1, 0.15) is 32.1 Å². The largest absolute Gasteiger partial charge is 0.394 e. The van der Waals surface area contributed by atoms with Gasteiger partial charge in [0.25, 0.3) is 0 Å². The molecular weight excluding hydrogens is 220 g/mol. The predicted octanol–water partition coefficient (Wildman–Crippen LogP) is -0.132. The van der Waals surface area contributed by atoms with Crippen molar-refractivity contribution in [1.82, 2.24) is 4.90 Å². The maximum atomic E-state index is 12.5. The lowest BCUT2D eigenvalue weighted by atomic mass is 9.97. The second-order valence-electron chi connectivity index (χ2n) is 5.14. The summed E-state index contributed by atoms with van der Waals surface area (Å²) in [6, 6.07) is -0.0639. The fourth-order valence-corrected chi connectivity index (χ4v) is 2.67. The van der Waals surface area contributed by atoms with Crippen molar-refractivity contribution in [2.75, 3.05) is 26.4 Å². The molecule has 2 aliphatic heterocycles. The number of hydrogen-bond acceptors (Lipinski definition) is 4. The molecule has 5 nitrogen and oxygen atoms in total. The van der Waals surface area contributed by atoms with E-state index in [1.165, 1.54) is 0 Å². The molecule has 3 N–H and O–H groups in total. The molecule has 2 rings (SSSR count). The Labute approximate surface area is 102 Å². The molecule has 2 aliphatic rings. The topological polar surface area (TPSA) is 75.8 Å². The van der Waals surface area contributed by atoms with E-state index in [4.69, 9.17) is 10.5 Å². The second-order valence-corrected chi connectivity index (χ2v) is 5.14. The molecule has 1 amide bonds. The first-order chi connectivity index (χ1) is 8.17. The van der Waals surface area contributed by atoms with Crippen LogP contribution in [-0.2, 0) is 9.53 Å². The SMILES string of the molecule is NC1(C(=O)N2CCCCCC2CO)CCOC1. The van der Waals surface area contributed by atoms with Crippen LogP contribution in [0.5, 0.6) is 0 Å². The van der Waals surface area contributed by atoms with Crippen LogP contribution in [-0.4, -0.2) is 53.9 Å². The van der Waals surface area contributed by atoms with Gasteiger partial charge < -0.3 is 20.5 Å². The zero-order valence-corrected chi connectivity index (χ0v) is 10.2. The molecule has 0 radical (unpaired) electrons. The quantitative estimate of drug-likeness (QED) is 0.707. The van der Waals surface area contributed by atoms with E-state index in [0.29, 0.717) is 26.2 Å². The van der Waals surface area contributed by atoms with Gasteiger partial charge in [0.2, 0.25) is 5.91 Å². The van der Waals surface area contributed by atoms with Gasteiger partial charge >= 0.3 is 0 Å². The van der Waals surface area contributed by atoms with Crippen molar-refractivity contribution in [3.05, 3.63) is 0 Å². The van der Waals surface area contributed by atoms with Crippen LogP contribution < -0.4 is 5.73 Å². The first-order valence-corrected chi connectivity index (χ1v) is 6.46. The van der Waals surface area contributed by atoms with E-state index >= 15 is 0 Å². The molecule has 98 valence electrons. The summed E-state index contributed by atoms with van der Waals surface area (Å²) in [5, 5.41) is 9.40. The minimum atomic E-state index is -0.863. The summed E-state index contributed by atoms with van der Waals surface area (Å²) >= 11 is 0. The van der Waals surface area contributed by atoms with Gasteiger partial charge in [0, 0.05) is 13.2 Å². The average Bonchev–Trinajstić information content (AvgIpc) is 2.65. The lowest BCUT2D eigenvalue weighted by Crippen LogP contribution is -2.58. The molecule has 5 heteroatoms. The standard InChI is InChI=1S/C12H22N2O3/c13-12(5-7-17-9-12)11(16)14-6-3-1-2-4-10(14)8-15/h10,15H,1-9,13H2. The average molecular weight is 242 g/mol. The van der Waals surface area contributed by atoms with Crippen molar-refractivity contribution in [2.24, 2.45) is 5.73 Å². The Morgan fingerprint density at radius 3 is 2.94 bits per heavy atom. The highest BCUT2D eigenvalue weighted by Crippen LogP contribution is 2.23. The van der Waals surface area contributed by atoms with Crippen molar-refractivity contribution in [2.45, 2.75) is 43.7 Å². The van der Waals surface area contributed by atoms with Crippen LogP contribution in [0, 0.1) is 0 Å². The van der Waals surface area contributed by atoms with Crippen molar-refractivity contribution >= 4 is 5.91 Å². The molecule has 17 heavy (non-hydrogen) atoms. The molecule has 0 saturated carbocycles.